The summed E-state index contributed by atoms with van der Waals surface area (Å²) in [6, 6.07) is 18.8. The van der Waals surface area contributed by atoms with E-state index in [4.69, 9.17) is 27.6 Å². The number of hydrogen-bond acceptors (Lipinski definition) is 5. The number of fused-ring (bicyclic) bond motifs is 1. The van der Waals surface area contributed by atoms with Crippen LogP contribution in [0.15, 0.2) is 70.3 Å². The Bertz CT molecular complexity index is 1140. The van der Waals surface area contributed by atoms with Crippen LogP contribution in [0.25, 0.3) is 22.2 Å². The number of halogens is 2. The first kappa shape index (κ1) is 18.8. The predicted octanol–water partition coefficient (Wildman–Crippen LogP) is 5.93. The summed E-state index contributed by atoms with van der Waals surface area (Å²) in [5.74, 6) is 0.299. The van der Waals surface area contributed by atoms with Gasteiger partial charge in [-0.2, -0.15) is 0 Å². The average molecular weight is 430 g/mol. The number of carbonyl (C=O) groups excluding carboxylic acids is 1. The largest absolute Gasteiger partial charge is 0.411 e. The Kier molecular flexibility index (Phi) is 5.52. The molecule has 1 amide bonds. The van der Waals surface area contributed by atoms with Crippen molar-refractivity contribution in [2.24, 2.45) is 0 Å². The van der Waals surface area contributed by atoms with E-state index < -0.39 is 0 Å². The number of benzene rings is 3. The summed E-state index contributed by atoms with van der Waals surface area (Å²) in [7, 11) is 0. The van der Waals surface area contributed by atoms with Gasteiger partial charge in [0.05, 0.1) is 5.75 Å². The Labute approximate surface area is 175 Å². The zero-order valence-electron chi connectivity index (χ0n) is 14.4. The molecule has 4 rings (SSSR count). The summed E-state index contributed by atoms with van der Waals surface area (Å²) in [4.78, 5) is 12.1. The third-order valence-corrected chi connectivity index (χ3v) is 5.13. The van der Waals surface area contributed by atoms with Crippen molar-refractivity contribution in [1.29, 1.82) is 0 Å². The van der Waals surface area contributed by atoms with Crippen molar-refractivity contribution in [2.45, 2.75) is 5.22 Å². The van der Waals surface area contributed by atoms with E-state index in [1.807, 2.05) is 42.5 Å². The maximum atomic E-state index is 12.1. The first-order valence-corrected chi connectivity index (χ1v) is 10.0. The van der Waals surface area contributed by atoms with Crippen molar-refractivity contribution in [3.05, 3.63) is 70.7 Å². The van der Waals surface area contributed by atoms with Gasteiger partial charge in [-0.3, -0.25) is 4.79 Å². The molecular weight excluding hydrogens is 417 g/mol. The van der Waals surface area contributed by atoms with Gasteiger partial charge in [0.25, 0.3) is 5.22 Å². The highest BCUT2D eigenvalue weighted by Crippen LogP contribution is 2.27. The molecule has 0 fully saturated rings. The molecule has 1 N–H and O–H groups in total. The summed E-state index contributed by atoms with van der Waals surface area (Å²) in [5.41, 5.74) is 1.36. The Morgan fingerprint density at radius 2 is 1.71 bits per heavy atom. The maximum Gasteiger partial charge on any atom is 0.277 e. The molecule has 0 bridgehead atoms. The Morgan fingerprint density at radius 1 is 0.964 bits per heavy atom. The molecule has 28 heavy (non-hydrogen) atoms. The van der Waals surface area contributed by atoms with Crippen molar-refractivity contribution >= 4 is 57.3 Å². The first-order chi connectivity index (χ1) is 13.6. The minimum Gasteiger partial charge on any atom is -0.411 e. The molecule has 1 heterocycles. The highest BCUT2D eigenvalue weighted by molar-refractivity contribution is 7.99. The molecule has 0 radical (unpaired) electrons. The highest BCUT2D eigenvalue weighted by Gasteiger charge is 2.12. The lowest BCUT2D eigenvalue weighted by molar-refractivity contribution is -0.113. The fourth-order valence-corrected chi connectivity index (χ4v) is 3.75. The standard InChI is InChI=1S/C20H13Cl2N3O2S/c21-15-8-16(22)10-17(9-15)23-18(26)11-28-20-25-24-19(27-20)14-6-5-12-3-1-2-4-13(12)7-14/h1-10H,11H2,(H,23,26). The number of amides is 1. The van der Waals surface area contributed by atoms with Crippen LogP contribution in [0.1, 0.15) is 0 Å². The highest BCUT2D eigenvalue weighted by atomic mass is 35.5. The zero-order chi connectivity index (χ0) is 19.5. The fraction of sp³-hybridized carbons (Fsp3) is 0.0500. The molecule has 0 saturated heterocycles. The van der Waals surface area contributed by atoms with Crippen molar-refractivity contribution < 1.29 is 9.21 Å². The van der Waals surface area contributed by atoms with Gasteiger partial charge in [-0.1, -0.05) is 65.3 Å². The van der Waals surface area contributed by atoms with Crippen molar-refractivity contribution in [1.82, 2.24) is 10.2 Å². The number of carbonyl (C=O) groups is 1. The number of hydrogen-bond donors (Lipinski definition) is 1. The summed E-state index contributed by atoms with van der Waals surface area (Å²) < 4.78 is 5.68. The lowest BCUT2D eigenvalue weighted by Gasteiger charge is -2.05. The van der Waals surface area contributed by atoms with E-state index in [-0.39, 0.29) is 11.7 Å². The number of anilines is 1. The van der Waals surface area contributed by atoms with Gasteiger partial charge in [0.2, 0.25) is 11.8 Å². The second-order valence-electron chi connectivity index (χ2n) is 5.93. The molecule has 0 atom stereocenters. The molecule has 8 heteroatoms. The van der Waals surface area contributed by atoms with Gasteiger partial charge in [0.15, 0.2) is 0 Å². The van der Waals surface area contributed by atoms with Gasteiger partial charge in [0.1, 0.15) is 0 Å². The van der Waals surface area contributed by atoms with Crippen LogP contribution in [0.4, 0.5) is 5.69 Å². The Morgan fingerprint density at radius 3 is 2.50 bits per heavy atom. The van der Waals surface area contributed by atoms with E-state index >= 15 is 0 Å². The Hall–Kier alpha value is -2.54. The smallest absolute Gasteiger partial charge is 0.277 e. The van der Waals surface area contributed by atoms with Gasteiger partial charge in [-0.15, -0.1) is 10.2 Å². The number of nitrogens with one attached hydrogen (secondary N) is 1. The molecule has 0 spiro atoms. The molecule has 0 aliphatic rings. The summed E-state index contributed by atoms with van der Waals surface area (Å²) >= 11 is 13.0. The maximum absolute atomic E-state index is 12.1. The second-order valence-corrected chi connectivity index (χ2v) is 7.73. The van der Waals surface area contributed by atoms with Gasteiger partial charge in [-0.25, -0.2) is 0 Å². The molecule has 4 aromatic rings. The van der Waals surface area contributed by atoms with Crippen LogP contribution in [0, 0.1) is 0 Å². The van der Waals surface area contributed by atoms with Crippen LogP contribution >= 0.6 is 35.0 Å². The van der Waals surface area contributed by atoms with Crippen LogP contribution < -0.4 is 5.32 Å². The van der Waals surface area contributed by atoms with Gasteiger partial charge in [-0.05, 0) is 41.1 Å². The van der Waals surface area contributed by atoms with E-state index in [9.17, 15) is 4.79 Å². The summed E-state index contributed by atoms with van der Waals surface area (Å²) in [6.45, 7) is 0. The van der Waals surface area contributed by atoms with Gasteiger partial charge >= 0.3 is 0 Å². The minimum absolute atomic E-state index is 0.115. The fourth-order valence-electron chi connectivity index (χ4n) is 2.66. The molecule has 5 nitrogen and oxygen atoms in total. The summed E-state index contributed by atoms with van der Waals surface area (Å²) in [6.07, 6.45) is 0. The molecule has 3 aromatic carbocycles. The van der Waals surface area contributed by atoms with Crippen LogP contribution in [-0.4, -0.2) is 21.9 Å². The number of aromatic nitrogens is 2. The molecule has 140 valence electrons. The van der Waals surface area contributed by atoms with E-state index in [0.717, 1.165) is 28.1 Å². The molecule has 1 aromatic heterocycles. The van der Waals surface area contributed by atoms with Gasteiger partial charge < -0.3 is 9.73 Å². The van der Waals surface area contributed by atoms with Crippen LogP contribution in [0.2, 0.25) is 10.0 Å². The second kappa shape index (κ2) is 8.22. The SMILES string of the molecule is O=C(CSc1nnc(-c2ccc3ccccc3c2)o1)Nc1cc(Cl)cc(Cl)c1. The van der Waals surface area contributed by atoms with Crippen LogP contribution in [0.5, 0.6) is 0 Å². The third kappa shape index (κ3) is 4.47. The quantitative estimate of drug-likeness (QED) is 0.398. The van der Waals surface area contributed by atoms with Crippen molar-refractivity contribution in [3.63, 3.8) is 0 Å². The summed E-state index contributed by atoms with van der Waals surface area (Å²) in [5, 5.41) is 14.3. The Balaban J connectivity index is 1.40. The number of rotatable bonds is 5. The van der Waals surface area contributed by atoms with Gasteiger partial charge in [0, 0.05) is 21.3 Å². The first-order valence-electron chi connectivity index (χ1n) is 8.28. The van der Waals surface area contributed by atoms with Crippen molar-refractivity contribution in [3.8, 4) is 11.5 Å². The van der Waals surface area contributed by atoms with Crippen LogP contribution in [0.3, 0.4) is 0 Å². The molecule has 0 unspecified atom stereocenters. The predicted molar refractivity (Wildman–Crippen MR) is 113 cm³/mol. The zero-order valence-corrected chi connectivity index (χ0v) is 16.7. The topological polar surface area (TPSA) is 68.0 Å². The van der Waals surface area contributed by atoms with E-state index in [1.54, 1.807) is 18.2 Å². The van der Waals surface area contributed by atoms with E-state index in [2.05, 4.69) is 15.5 Å². The van der Waals surface area contributed by atoms with E-state index in [0.29, 0.717) is 26.8 Å². The monoisotopic (exact) mass is 429 g/mol. The molecule has 0 aliphatic carbocycles. The lowest BCUT2D eigenvalue weighted by Crippen LogP contribution is -2.13. The molecule has 0 aliphatic heterocycles. The molecule has 0 saturated carbocycles. The minimum atomic E-state index is -0.228. The average Bonchev–Trinajstić information content (AvgIpc) is 3.14. The van der Waals surface area contributed by atoms with Crippen LogP contribution in [-0.2, 0) is 4.79 Å². The van der Waals surface area contributed by atoms with Crippen molar-refractivity contribution in [2.75, 3.05) is 11.1 Å². The number of thioether (sulfide) groups is 1. The van der Waals surface area contributed by atoms with E-state index in [1.165, 1.54) is 0 Å². The third-order valence-electron chi connectivity index (χ3n) is 3.88. The molecular formula is C20H13Cl2N3O2S. The lowest BCUT2D eigenvalue weighted by atomic mass is 10.1. The normalized spacial score (nSPS) is 10.9. The number of nitrogens with zero attached hydrogens (tertiary/aromatic N) is 2.